The van der Waals surface area contributed by atoms with E-state index in [-0.39, 0.29) is 17.0 Å². The van der Waals surface area contributed by atoms with Crippen LogP contribution < -0.4 is 4.74 Å². The van der Waals surface area contributed by atoms with Crippen molar-refractivity contribution in [1.82, 2.24) is 15.1 Å². The first kappa shape index (κ1) is 19.5. The first-order valence-corrected chi connectivity index (χ1v) is 10.6. The predicted octanol–water partition coefficient (Wildman–Crippen LogP) is 4.54. The Morgan fingerprint density at radius 3 is 2.83 bits per heavy atom. The van der Waals surface area contributed by atoms with Crippen molar-refractivity contribution in [1.29, 1.82) is 0 Å². The van der Waals surface area contributed by atoms with Gasteiger partial charge in [-0.2, -0.15) is 16.9 Å². The van der Waals surface area contributed by atoms with E-state index < -0.39 is 0 Å². The van der Waals surface area contributed by atoms with Crippen LogP contribution in [0.25, 0.3) is 11.3 Å². The molecule has 1 unspecified atom stereocenters. The van der Waals surface area contributed by atoms with E-state index in [1.54, 1.807) is 31.0 Å². The number of carbonyl (C=O) groups is 1. The number of para-hydroxylation sites is 1. The lowest BCUT2D eigenvalue weighted by molar-refractivity contribution is 0.0760. The molecule has 2 heterocycles. The summed E-state index contributed by atoms with van der Waals surface area (Å²) >= 11 is 1.70. The number of methoxy groups -OCH3 is 1. The van der Waals surface area contributed by atoms with Crippen molar-refractivity contribution in [2.75, 3.05) is 26.0 Å². The van der Waals surface area contributed by atoms with Crippen molar-refractivity contribution in [3.05, 3.63) is 71.7 Å². The topological polar surface area (TPSA) is 58.2 Å². The fraction of sp³-hybridized carbons (Fsp3) is 0.273. The Balaban J connectivity index is 1.48. The fourth-order valence-electron chi connectivity index (χ4n) is 3.55. The van der Waals surface area contributed by atoms with Crippen LogP contribution in [0.3, 0.4) is 0 Å². The highest BCUT2D eigenvalue weighted by atomic mass is 32.2. The standard InChI is InChI=1S/C22H22FN3O2S/c1-28-20-9-5-3-7-16(20)18-14-19(25-24-18)22(27)26-11-10-21(29-13-12-26)15-6-2-4-8-17(15)23/h2-9,14,21H,10-13H2,1H3,(H,24,25). The molecule has 0 radical (unpaired) electrons. The molecule has 0 aliphatic carbocycles. The Kier molecular flexibility index (Phi) is 5.85. The van der Waals surface area contributed by atoms with E-state index in [1.165, 1.54) is 6.07 Å². The summed E-state index contributed by atoms with van der Waals surface area (Å²) in [5.41, 5.74) is 2.66. The summed E-state index contributed by atoms with van der Waals surface area (Å²) in [7, 11) is 1.61. The second kappa shape index (κ2) is 8.69. The van der Waals surface area contributed by atoms with E-state index in [0.29, 0.717) is 42.2 Å². The van der Waals surface area contributed by atoms with Crippen molar-refractivity contribution >= 4 is 17.7 Å². The van der Waals surface area contributed by atoms with Crippen LogP contribution in [-0.2, 0) is 0 Å². The minimum absolute atomic E-state index is 0.0555. The maximum Gasteiger partial charge on any atom is 0.271 e. The van der Waals surface area contributed by atoms with Gasteiger partial charge in [-0.1, -0.05) is 30.3 Å². The number of ether oxygens (including phenoxy) is 1. The molecular formula is C22H22FN3O2S. The smallest absolute Gasteiger partial charge is 0.271 e. The highest BCUT2D eigenvalue weighted by Gasteiger charge is 2.25. The molecule has 2 aromatic carbocycles. The molecule has 5 nitrogen and oxygen atoms in total. The summed E-state index contributed by atoms with van der Waals surface area (Å²) < 4.78 is 19.5. The minimum Gasteiger partial charge on any atom is -0.496 e. The highest BCUT2D eigenvalue weighted by Crippen LogP contribution is 2.36. The van der Waals surface area contributed by atoms with Crippen LogP contribution in [0.15, 0.2) is 54.6 Å². The third kappa shape index (κ3) is 4.15. The van der Waals surface area contributed by atoms with Crippen LogP contribution in [0.1, 0.15) is 27.7 Å². The maximum atomic E-state index is 14.1. The number of nitrogens with zero attached hydrogens (tertiary/aromatic N) is 2. The molecule has 3 aromatic rings. The molecule has 150 valence electrons. The van der Waals surface area contributed by atoms with Crippen LogP contribution in [0.2, 0.25) is 0 Å². The number of aromatic nitrogens is 2. The number of halogens is 1. The lowest BCUT2D eigenvalue weighted by Gasteiger charge is -2.19. The van der Waals surface area contributed by atoms with E-state index in [1.807, 2.05) is 41.3 Å². The number of thioether (sulfide) groups is 1. The van der Waals surface area contributed by atoms with Crippen molar-refractivity contribution in [2.45, 2.75) is 11.7 Å². The molecule has 1 aromatic heterocycles. The van der Waals surface area contributed by atoms with Gasteiger partial charge in [0.15, 0.2) is 0 Å². The van der Waals surface area contributed by atoms with Gasteiger partial charge in [-0.05, 0) is 30.7 Å². The van der Waals surface area contributed by atoms with E-state index >= 15 is 0 Å². The lowest BCUT2D eigenvalue weighted by Crippen LogP contribution is -2.33. The Morgan fingerprint density at radius 2 is 2.00 bits per heavy atom. The molecule has 0 spiro atoms. The average Bonchev–Trinajstić information content (AvgIpc) is 3.12. The summed E-state index contributed by atoms with van der Waals surface area (Å²) in [6.45, 7) is 1.20. The molecule has 1 saturated heterocycles. The van der Waals surface area contributed by atoms with Crippen molar-refractivity contribution in [3.8, 4) is 17.0 Å². The zero-order valence-electron chi connectivity index (χ0n) is 16.1. The second-order valence-electron chi connectivity index (χ2n) is 6.83. The molecular weight excluding hydrogens is 389 g/mol. The third-order valence-corrected chi connectivity index (χ3v) is 6.38. The first-order valence-electron chi connectivity index (χ1n) is 9.51. The summed E-state index contributed by atoms with van der Waals surface area (Å²) in [6.07, 6.45) is 0.713. The van der Waals surface area contributed by atoms with Crippen molar-refractivity contribution in [3.63, 3.8) is 0 Å². The summed E-state index contributed by atoms with van der Waals surface area (Å²) in [5.74, 6) is 1.20. The molecule has 0 saturated carbocycles. The molecule has 0 bridgehead atoms. The van der Waals surface area contributed by atoms with Gasteiger partial charge in [0.2, 0.25) is 0 Å². The molecule has 7 heteroatoms. The van der Waals surface area contributed by atoms with Gasteiger partial charge in [-0.3, -0.25) is 9.89 Å². The molecule has 29 heavy (non-hydrogen) atoms. The van der Waals surface area contributed by atoms with Gasteiger partial charge in [0.05, 0.1) is 12.8 Å². The number of nitrogens with one attached hydrogen (secondary N) is 1. The van der Waals surface area contributed by atoms with Gasteiger partial charge in [0, 0.05) is 35.2 Å². The van der Waals surface area contributed by atoms with Crippen LogP contribution in [0.5, 0.6) is 5.75 Å². The van der Waals surface area contributed by atoms with Gasteiger partial charge in [-0.25, -0.2) is 4.39 Å². The van der Waals surface area contributed by atoms with Gasteiger partial charge < -0.3 is 9.64 Å². The van der Waals surface area contributed by atoms with Gasteiger partial charge in [0.25, 0.3) is 5.91 Å². The number of H-pyrrole nitrogens is 1. The zero-order chi connectivity index (χ0) is 20.2. The van der Waals surface area contributed by atoms with Gasteiger partial charge in [0.1, 0.15) is 17.3 Å². The minimum atomic E-state index is -0.181. The zero-order valence-corrected chi connectivity index (χ0v) is 16.9. The quantitative estimate of drug-likeness (QED) is 0.685. The number of hydrogen-bond acceptors (Lipinski definition) is 4. The van der Waals surface area contributed by atoms with Gasteiger partial charge in [-0.15, -0.1) is 0 Å². The van der Waals surface area contributed by atoms with E-state index in [4.69, 9.17) is 4.74 Å². The fourth-order valence-corrected chi connectivity index (χ4v) is 4.81. The summed E-state index contributed by atoms with van der Waals surface area (Å²) in [5, 5.41) is 7.22. The number of carbonyl (C=O) groups excluding carboxylic acids is 1. The molecule has 1 fully saturated rings. The largest absolute Gasteiger partial charge is 0.496 e. The monoisotopic (exact) mass is 411 g/mol. The number of hydrogen-bond donors (Lipinski definition) is 1. The summed E-state index contributed by atoms with van der Waals surface area (Å²) in [6, 6.07) is 16.2. The third-order valence-electron chi connectivity index (χ3n) is 5.07. The Morgan fingerprint density at radius 1 is 1.21 bits per heavy atom. The molecule has 4 rings (SSSR count). The molecule has 1 atom stereocenters. The average molecular weight is 412 g/mol. The van der Waals surface area contributed by atoms with Crippen LogP contribution >= 0.6 is 11.8 Å². The number of aromatic amines is 1. The van der Waals surface area contributed by atoms with Crippen LogP contribution in [-0.4, -0.2) is 47.0 Å². The van der Waals surface area contributed by atoms with E-state index in [0.717, 1.165) is 11.3 Å². The number of amides is 1. The molecule has 1 amide bonds. The SMILES string of the molecule is COc1ccccc1-c1cc(C(=O)N2CCSC(c3ccccc3F)CC2)[nH]n1. The van der Waals surface area contributed by atoms with E-state index in [2.05, 4.69) is 10.2 Å². The summed E-state index contributed by atoms with van der Waals surface area (Å²) in [4.78, 5) is 14.8. The van der Waals surface area contributed by atoms with Crippen LogP contribution in [0.4, 0.5) is 4.39 Å². The first-order chi connectivity index (χ1) is 14.2. The van der Waals surface area contributed by atoms with Gasteiger partial charge >= 0.3 is 0 Å². The van der Waals surface area contributed by atoms with Crippen molar-refractivity contribution < 1.29 is 13.9 Å². The second-order valence-corrected chi connectivity index (χ2v) is 8.14. The van der Waals surface area contributed by atoms with Crippen LogP contribution in [0, 0.1) is 5.82 Å². The maximum absolute atomic E-state index is 14.1. The number of rotatable bonds is 4. The highest BCUT2D eigenvalue weighted by molar-refractivity contribution is 7.99. The van der Waals surface area contributed by atoms with Crippen molar-refractivity contribution in [2.24, 2.45) is 0 Å². The molecule has 1 aliphatic heterocycles. The lowest BCUT2D eigenvalue weighted by atomic mass is 10.1. The van der Waals surface area contributed by atoms with E-state index in [9.17, 15) is 9.18 Å². The Labute approximate surface area is 173 Å². The predicted molar refractivity (Wildman–Crippen MR) is 113 cm³/mol. The Bertz CT molecular complexity index is 1010. The normalized spacial score (nSPS) is 17.0. The number of benzene rings is 2. The molecule has 1 aliphatic rings. The molecule has 1 N–H and O–H groups in total. The Hall–Kier alpha value is -2.80.